The number of methoxy groups -OCH3 is 2. The van der Waals surface area contributed by atoms with E-state index in [1.54, 1.807) is 26.4 Å². The summed E-state index contributed by atoms with van der Waals surface area (Å²) in [5.41, 5.74) is -0.128. The molecule has 1 N–H and O–H groups in total. The number of hydrogen-bond donors (Lipinski definition) is 1. The molecule has 1 saturated carbocycles. The van der Waals surface area contributed by atoms with Crippen LogP contribution < -0.4 is 9.47 Å². The van der Waals surface area contributed by atoms with Gasteiger partial charge in [-0.2, -0.15) is 0 Å². The maximum absolute atomic E-state index is 11.8. The van der Waals surface area contributed by atoms with Gasteiger partial charge in [0.25, 0.3) is 0 Å². The van der Waals surface area contributed by atoms with Crippen molar-refractivity contribution >= 4 is 21.9 Å². The second-order valence-corrected chi connectivity index (χ2v) is 5.64. The van der Waals surface area contributed by atoms with E-state index in [1.807, 2.05) is 0 Å². The lowest BCUT2D eigenvalue weighted by Crippen LogP contribution is -2.33. The summed E-state index contributed by atoms with van der Waals surface area (Å²) in [6, 6.07) is 3.53. The zero-order chi connectivity index (χ0) is 14.0. The van der Waals surface area contributed by atoms with Crippen LogP contribution in [0.2, 0.25) is 0 Å². The third kappa shape index (κ3) is 2.31. The third-order valence-corrected chi connectivity index (χ3v) is 4.45. The molecule has 0 bridgehead atoms. The highest BCUT2D eigenvalue weighted by Gasteiger charge is 2.46. The predicted molar refractivity (Wildman–Crippen MR) is 75.0 cm³/mol. The highest BCUT2D eigenvalue weighted by Crippen LogP contribution is 2.49. The van der Waals surface area contributed by atoms with Gasteiger partial charge in [0.05, 0.1) is 19.6 Å². The molecule has 0 radical (unpaired) electrons. The smallest absolute Gasteiger partial charge is 0.314 e. The molecule has 5 heteroatoms. The fourth-order valence-corrected chi connectivity index (χ4v) is 3.65. The molecule has 0 atom stereocenters. The lowest BCUT2D eigenvalue weighted by Gasteiger charge is -2.28. The maximum Gasteiger partial charge on any atom is 0.314 e. The highest BCUT2D eigenvalue weighted by molar-refractivity contribution is 9.10. The topological polar surface area (TPSA) is 55.8 Å². The normalized spacial score (nSPS) is 17.2. The van der Waals surface area contributed by atoms with E-state index in [2.05, 4.69) is 15.9 Å². The van der Waals surface area contributed by atoms with Crippen LogP contribution in [0.5, 0.6) is 11.5 Å². The minimum Gasteiger partial charge on any atom is -0.497 e. The van der Waals surface area contributed by atoms with Gasteiger partial charge in [-0.1, -0.05) is 28.8 Å². The summed E-state index contributed by atoms with van der Waals surface area (Å²) in [6.07, 6.45) is 3.13. The zero-order valence-electron chi connectivity index (χ0n) is 11.0. The first-order valence-corrected chi connectivity index (χ1v) is 7.00. The van der Waals surface area contributed by atoms with Gasteiger partial charge in [-0.05, 0) is 18.9 Å². The molecule has 0 aliphatic heterocycles. The summed E-state index contributed by atoms with van der Waals surface area (Å²) >= 11 is 3.47. The van der Waals surface area contributed by atoms with Crippen molar-refractivity contribution in [3.8, 4) is 11.5 Å². The third-order valence-electron chi connectivity index (χ3n) is 3.83. The van der Waals surface area contributed by atoms with Crippen molar-refractivity contribution in [1.29, 1.82) is 0 Å². The monoisotopic (exact) mass is 328 g/mol. The molecule has 1 aromatic carbocycles. The van der Waals surface area contributed by atoms with Crippen LogP contribution in [-0.4, -0.2) is 25.3 Å². The van der Waals surface area contributed by atoms with Crippen molar-refractivity contribution < 1.29 is 19.4 Å². The SMILES string of the molecule is COc1cc(Br)c(C2(C(=O)O)CCCC2)c(OC)c1. The van der Waals surface area contributed by atoms with Crippen LogP contribution in [0.3, 0.4) is 0 Å². The molecular weight excluding hydrogens is 312 g/mol. The van der Waals surface area contributed by atoms with Gasteiger partial charge in [-0.3, -0.25) is 4.79 Å². The molecule has 1 aromatic rings. The Hall–Kier alpha value is -1.23. The average molecular weight is 329 g/mol. The summed E-state index contributed by atoms with van der Waals surface area (Å²) in [5, 5.41) is 9.68. The molecule has 4 nitrogen and oxygen atoms in total. The summed E-state index contributed by atoms with van der Waals surface area (Å²) in [7, 11) is 3.12. The first-order chi connectivity index (χ1) is 9.05. The standard InChI is InChI=1S/C14H17BrO4/c1-18-9-7-10(15)12(11(8-9)19-2)14(13(16)17)5-3-4-6-14/h7-8H,3-6H2,1-2H3,(H,16,17). The molecular formula is C14H17BrO4. The zero-order valence-corrected chi connectivity index (χ0v) is 12.6. The van der Waals surface area contributed by atoms with Gasteiger partial charge in [0, 0.05) is 16.1 Å². The molecule has 1 aliphatic rings. The fourth-order valence-electron chi connectivity index (χ4n) is 2.85. The van der Waals surface area contributed by atoms with E-state index in [0.717, 1.165) is 22.9 Å². The number of aliphatic carboxylic acids is 1. The van der Waals surface area contributed by atoms with E-state index in [1.165, 1.54) is 0 Å². The van der Waals surface area contributed by atoms with Crippen molar-refractivity contribution in [1.82, 2.24) is 0 Å². The lowest BCUT2D eigenvalue weighted by atomic mass is 9.78. The van der Waals surface area contributed by atoms with Crippen molar-refractivity contribution in [2.24, 2.45) is 0 Å². The van der Waals surface area contributed by atoms with E-state index in [4.69, 9.17) is 9.47 Å². The van der Waals surface area contributed by atoms with Gasteiger partial charge in [0.15, 0.2) is 0 Å². The summed E-state index contributed by atoms with van der Waals surface area (Å²) in [4.78, 5) is 11.8. The van der Waals surface area contributed by atoms with E-state index in [9.17, 15) is 9.90 Å². The molecule has 1 fully saturated rings. The van der Waals surface area contributed by atoms with Gasteiger partial charge in [-0.15, -0.1) is 0 Å². The Labute approximate surface area is 120 Å². The molecule has 0 heterocycles. The number of hydrogen-bond acceptors (Lipinski definition) is 3. The van der Waals surface area contributed by atoms with Crippen LogP contribution in [0.4, 0.5) is 0 Å². The fraction of sp³-hybridized carbons (Fsp3) is 0.500. The molecule has 2 rings (SSSR count). The predicted octanol–water partition coefficient (Wildman–Crippen LogP) is 3.36. The second-order valence-electron chi connectivity index (χ2n) is 4.78. The number of benzene rings is 1. The molecule has 0 amide bonds. The van der Waals surface area contributed by atoms with Gasteiger partial charge in [0.2, 0.25) is 0 Å². The van der Waals surface area contributed by atoms with E-state index < -0.39 is 11.4 Å². The molecule has 0 unspecified atom stereocenters. The molecule has 0 spiro atoms. The second kappa shape index (κ2) is 5.41. The van der Waals surface area contributed by atoms with E-state index in [-0.39, 0.29) is 0 Å². The Morgan fingerprint density at radius 2 is 1.89 bits per heavy atom. The lowest BCUT2D eigenvalue weighted by molar-refractivity contribution is -0.143. The van der Waals surface area contributed by atoms with Crippen LogP contribution in [0, 0.1) is 0 Å². The molecule has 0 aromatic heterocycles. The maximum atomic E-state index is 11.8. The highest BCUT2D eigenvalue weighted by atomic mass is 79.9. The first-order valence-electron chi connectivity index (χ1n) is 6.20. The van der Waals surface area contributed by atoms with Gasteiger partial charge in [0.1, 0.15) is 11.5 Å². The summed E-state index contributed by atoms with van der Waals surface area (Å²) in [6.45, 7) is 0. The van der Waals surface area contributed by atoms with Gasteiger partial charge >= 0.3 is 5.97 Å². The molecule has 1 aliphatic carbocycles. The molecule has 104 valence electrons. The average Bonchev–Trinajstić information content (AvgIpc) is 2.87. The Balaban J connectivity index is 2.63. The minimum atomic E-state index is -0.851. The largest absolute Gasteiger partial charge is 0.497 e. The van der Waals surface area contributed by atoms with Gasteiger partial charge in [-0.25, -0.2) is 0 Å². The van der Waals surface area contributed by atoms with E-state index in [0.29, 0.717) is 24.3 Å². The summed E-state index contributed by atoms with van der Waals surface area (Å²) < 4.78 is 11.3. The number of carboxylic acids is 1. The Kier molecular flexibility index (Phi) is 4.04. The van der Waals surface area contributed by atoms with Crippen molar-refractivity contribution in [2.45, 2.75) is 31.1 Å². The van der Waals surface area contributed by atoms with Crippen LogP contribution >= 0.6 is 15.9 Å². The van der Waals surface area contributed by atoms with Crippen LogP contribution in [0.15, 0.2) is 16.6 Å². The molecule has 19 heavy (non-hydrogen) atoms. The Morgan fingerprint density at radius 1 is 1.26 bits per heavy atom. The number of halogens is 1. The minimum absolute atomic E-state index is 0.565. The van der Waals surface area contributed by atoms with Crippen LogP contribution in [-0.2, 0) is 10.2 Å². The Morgan fingerprint density at radius 3 is 2.37 bits per heavy atom. The van der Waals surface area contributed by atoms with Crippen LogP contribution in [0.25, 0.3) is 0 Å². The van der Waals surface area contributed by atoms with Crippen molar-refractivity contribution in [3.63, 3.8) is 0 Å². The van der Waals surface area contributed by atoms with E-state index >= 15 is 0 Å². The number of carboxylic acid groups (broad SMARTS) is 1. The quantitative estimate of drug-likeness (QED) is 0.920. The Bertz CT molecular complexity index is 492. The van der Waals surface area contributed by atoms with Gasteiger partial charge < -0.3 is 14.6 Å². The van der Waals surface area contributed by atoms with Crippen molar-refractivity contribution in [2.75, 3.05) is 14.2 Å². The first kappa shape index (κ1) is 14.2. The van der Waals surface area contributed by atoms with Crippen molar-refractivity contribution in [3.05, 3.63) is 22.2 Å². The summed E-state index contributed by atoms with van der Waals surface area (Å²) in [5.74, 6) is 0.427. The number of rotatable bonds is 4. The van der Waals surface area contributed by atoms with Crippen LogP contribution in [0.1, 0.15) is 31.2 Å². The number of ether oxygens (including phenoxy) is 2. The molecule has 0 saturated heterocycles. The number of carbonyl (C=O) groups is 1.